The second-order valence-electron chi connectivity index (χ2n) is 7.10. The highest BCUT2D eigenvalue weighted by Crippen LogP contribution is 2.40. The highest BCUT2D eigenvalue weighted by atomic mass is 35.5. The largest absolute Gasteiger partial charge is 0.487 e. The average molecular weight is 469 g/mol. The summed E-state index contributed by atoms with van der Waals surface area (Å²) in [5.74, 6) is 0.490. The third-order valence-electron chi connectivity index (χ3n) is 4.49. The number of hydrogen-bond donors (Lipinski definition) is 1. The topological polar surface area (TPSA) is 74.6 Å². The third-order valence-corrected chi connectivity index (χ3v) is 5.96. The van der Waals surface area contributed by atoms with E-state index < -0.39 is 0 Å². The van der Waals surface area contributed by atoms with Crippen molar-refractivity contribution in [1.29, 1.82) is 5.26 Å². The maximum Gasteiger partial charge on any atom is 0.190 e. The molecule has 4 rings (SSSR count). The predicted molar refractivity (Wildman–Crippen MR) is 126 cm³/mol. The molecule has 0 atom stereocenters. The molecule has 0 aliphatic rings. The van der Waals surface area contributed by atoms with Crippen LogP contribution in [0.2, 0.25) is 10.0 Å². The number of fused-ring (bicyclic) bond motifs is 1. The highest BCUT2D eigenvalue weighted by Gasteiger charge is 2.20. The van der Waals surface area contributed by atoms with Crippen molar-refractivity contribution in [2.24, 2.45) is 0 Å². The molecule has 2 heterocycles. The van der Waals surface area contributed by atoms with Crippen molar-refractivity contribution < 1.29 is 4.74 Å². The Balaban J connectivity index is 1.82. The molecule has 31 heavy (non-hydrogen) atoms. The molecule has 0 spiro atoms. The summed E-state index contributed by atoms with van der Waals surface area (Å²) >= 11 is 14.5. The number of H-pyrrole nitrogens is 1. The van der Waals surface area contributed by atoms with Crippen LogP contribution in [-0.4, -0.2) is 20.2 Å². The van der Waals surface area contributed by atoms with Crippen LogP contribution in [0.1, 0.15) is 25.0 Å². The normalized spacial score (nSPS) is 11.1. The summed E-state index contributed by atoms with van der Waals surface area (Å²) in [5, 5.41) is 11.9. The lowest BCUT2D eigenvalue weighted by Gasteiger charge is -2.13. The van der Waals surface area contributed by atoms with E-state index in [-0.39, 0.29) is 0 Å². The average Bonchev–Trinajstić information content (AvgIpc) is 3.16. The molecule has 0 aliphatic carbocycles. The van der Waals surface area contributed by atoms with Crippen molar-refractivity contribution in [2.75, 3.05) is 0 Å². The Bertz CT molecular complexity index is 1280. The maximum absolute atomic E-state index is 9.58. The van der Waals surface area contributed by atoms with E-state index in [1.54, 1.807) is 18.3 Å². The van der Waals surface area contributed by atoms with Crippen LogP contribution >= 0.6 is 35.0 Å². The maximum atomic E-state index is 9.58. The first-order valence-corrected chi connectivity index (χ1v) is 11.2. The molecular weight excluding hydrogens is 451 g/mol. The Morgan fingerprint density at radius 2 is 1.90 bits per heavy atom. The van der Waals surface area contributed by atoms with E-state index >= 15 is 0 Å². The fourth-order valence-corrected chi connectivity index (χ4v) is 4.35. The van der Waals surface area contributed by atoms with Crippen LogP contribution in [0, 0.1) is 11.3 Å². The first-order valence-electron chi connectivity index (χ1n) is 9.58. The van der Waals surface area contributed by atoms with Gasteiger partial charge in [0.15, 0.2) is 5.16 Å². The van der Waals surface area contributed by atoms with E-state index in [1.165, 1.54) is 11.8 Å². The van der Waals surface area contributed by atoms with E-state index in [9.17, 15) is 5.26 Å². The molecule has 0 saturated carbocycles. The molecule has 156 valence electrons. The number of halogens is 2. The van der Waals surface area contributed by atoms with Gasteiger partial charge in [-0.1, -0.05) is 79.1 Å². The highest BCUT2D eigenvalue weighted by molar-refractivity contribution is 7.99. The van der Waals surface area contributed by atoms with E-state index in [2.05, 4.69) is 29.9 Å². The molecule has 2 aromatic heterocycles. The van der Waals surface area contributed by atoms with Gasteiger partial charge in [-0.3, -0.25) is 0 Å². The van der Waals surface area contributed by atoms with Gasteiger partial charge in [-0.25, -0.2) is 9.97 Å². The van der Waals surface area contributed by atoms with Gasteiger partial charge in [-0.15, -0.1) is 0 Å². The third kappa shape index (κ3) is 4.64. The van der Waals surface area contributed by atoms with E-state index in [4.69, 9.17) is 32.9 Å². The lowest BCUT2D eigenvalue weighted by Crippen LogP contribution is -1.99. The predicted octanol–water partition coefficient (Wildman–Crippen LogP) is 6.88. The number of rotatable bonds is 6. The Morgan fingerprint density at radius 3 is 2.61 bits per heavy atom. The number of ether oxygens (including phenoxy) is 1. The standard InChI is InChI=1S/C23H18Cl2N4OS/c1-13(2)31-23-28-21(20-15(10-26)11-27-22(20)29-23)16-8-19(18(25)9-17(16)24)30-12-14-6-4-3-5-7-14/h3-9,11,13H,12H2,1-2H3,(H,27,28,29). The van der Waals surface area contributed by atoms with Crippen LogP contribution in [0.25, 0.3) is 22.3 Å². The Labute approximate surface area is 194 Å². The van der Waals surface area contributed by atoms with Crippen LogP contribution in [0.3, 0.4) is 0 Å². The second-order valence-corrected chi connectivity index (χ2v) is 9.45. The molecule has 4 aromatic rings. The van der Waals surface area contributed by atoms with Crippen LogP contribution in [0.5, 0.6) is 5.75 Å². The van der Waals surface area contributed by atoms with Crippen molar-refractivity contribution in [3.63, 3.8) is 0 Å². The lowest BCUT2D eigenvalue weighted by atomic mass is 10.1. The minimum absolute atomic E-state index is 0.293. The molecule has 0 fully saturated rings. The van der Waals surface area contributed by atoms with Crippen LogP contribution in [0.4, 0.5) is 0 Å². The number of benzene rings is 2. The van der Waals surface area contributed by atoms with Crippen molar-refractivity contribution in [3.8, 4) is 23.1 Å². The van der Waals surface area contributed by atoms with Crippen molar-refractivity contribution in [2.45, 2.75) is 30.9 Å². The van der Waals surface area contributed by atoms with E-state index in [0.29, 0.717) is 60.7 Å². The summed E-state index contributed by atoms with van der Waals surface area (Å²) in [6.07, 6.45) is 1.63. The molecule has 5 nitrogen and oxygen atoms in total. The monoisotopic (exact) mass is 468 g/mol. The number of hydrogen-bond acceptors (Lipinski definition) is 5. The zero-order chi connectivity index (χ0) is 22.0. The number of nitriles is 1. The summed E-state index contributed by atoms with van der Waals surface area (Å²) in [5.41, 5.74) is 3.25. The molecule has 0 amide bonds. The smallest absolute Gasteiger partial charge is 0.190 e. The fourth-order valence-electron chi connectivity index (χ4n) is 3.12. The minimum atomic E-state index is 0.293. The summed E-state index contributed by atoms with van der Waals surface area (Å²) in [6.45, 7) is 4.50. The van der Waals surface area contributed by atoms with E-state index in [1.807, 2.05) is 30.3 Å². The van der Waals surface area contributed by atoms with Crippen LogP contribution < -0.4 is 4.74 Å². The van der Waals surface area contributed by atoms with Crippen molar-refractivity contribution >= 4 is 46.0 Å². The van der Waals surface area contributed by atoms with Crippen molar-refractivity contribution in [3.05, 3.63) is 69.8 Å². The number of aromatic nitrogens is 3. The Hall–Kier alpha value is -2.72. The molecule has 0 radical (unpaired) electrons. The van der Waals surface area contributed by atoms with Crippen LogP contribution in [0.15, 0.2) is 53.8 Å². The fraction of sp³-hybridized carbons (Fsp3) is 0.174. The number of nitrogens with zero attached hydrogens (tertiary/aromatic N) is 3. The number of nitrogens with one attached hydrogen (secondary N) is 1. The minimum Gasteiger partial charge on any atom is -0.487 e. The SMILES string of the molecule is CC(C)Sc1nc(-c2cc(OCc3ccccc3)c(Cl)cc2Cl)c2c(C#N)c[nH]c2n1. The van der Waals surface area contributed by atoms with Gasteiger partial charge in [0.25, 0.3) is 0 Å². The second kappa shape index (κ2) is 9.19. The van der Waals surface area contributed by atoms with Gasteiger partial charge in [0, 0.05) is 17.0 Å². The Kier molecular flexibility index (Phi) is 6.38. The molecule has 0 aliphatic heterocycles. The lowest BCUT2D eigenvalue weighted by molar-refractivity contribution is 0.306. The zero-order valence-electron chi connectivity index (χ0n) is 16.8. The van der Waals surface area contributed by atoms with Gasteiger partial charge >= 0.3 is 0 Å². The van der Waals surface area contributed by atoms with Gasteiger partial charge in [0.2, 0.25) is 0 Å². The molecule has 0 bridgehead atoms. The molecule has 0 saturated heterocycles. The number of thioether (sulfide) groups is 1. The van der Waals surface area contributed by atoms with Gasteiger partial charge in [-0.2, -0.15) is 5.26 Å². The molecule has 0 unspecified atom stereocenters. The molecule has 2 aromatic carbocycles. The number of aromatic amines is 1. The first-order chi connectivity index (χ1) is 15.0. The first kappa shape index (κ1) is 21.5. The molecule has 1 N–H and O–H groups in total. The quantitative estimate of drug-likeness (QED) is 0.246. The van der Waals surface area contributed by atoms with Gasteiger partial charge < -0.3 is 9.72 Å². The molecule has 8 heteroatoms. The summed E-state index contributed by atoms with van der Waals surface area (Å²) in [6, 6.07) is 15.4. The molecular formula is C23H18Cl2N4OS. The summed E-state index contributed by atoms with van der Waals surface area (Å²) in [4.78, 5) is 12.4. The van der Waals surface area contributed by atoms with Crippen molar-refractivity contribution in [1.82, 2.24) is 15.0 Å². The van der Waals surface area contributed by atoms with Gasteiger partial charge in [-0.05, 0) is 17.7 Å². The summed E-state index contributed by atoms with van der Waals surface area (Å²) in [7, 11) is 0. The summed E-state index contributed by atoms with van der Waals surface area (Å²) < 4.78 is 5.97. The Morgan fingerprint density at radius 1 is 1.13 bits per heavy atom. The zero-order valence-corrected chi connectivity index (χ0v) is 19.1. The van der Waals surface area contributed by atoms with Crippen LogP contribution in [-0.2, 0) is 6.61 Å². The van der Waals surface area contributed by atoms with Gasteiger partial charge in [0.1, 0.15) is 24.1 Å². The van der Waals surface area contributed by atoms with Gasteiger partial charge in [0.05, 0.1) is 26.7 Å². The van der Waals surface area contributed by atoms with E-state index in [0.717, 1.165) is 5.56 Å².